The first-order valence-corrected chi connectivity index (χ1v) is 9.02. The van der Waals surface area contributed by atoms with E-state index in [2.05, 4.69) is 21.5 Å². The number of nitrogens with zero attached hydrogens (tertiary/aromatic N) is 1. The van der Waals surface area contributed by atoms with Crippen molar-refractivity contribution in [3.8, 4) is 11.5 Å². The average Bonchev–Trinajstić information content (AvgIpc) is 2.69. The molecule has 136 valence electrons. The first kappa shape index (κ1) is 18.9. The molecule has 0 bridgehead atoms. The highest BCUT2D eigenvalue weighted by atomic mass is 79.9. The molecule has 0 aliphatic rings. The monoisotopic (exact) mass is 444 g/mol. The predicted octanol–water partition coefficient (Wildman–Crippen LogP) is 5.41. The third-order valence-electron chi connectivity index (χ3n) is 3.54. The molecule has 0 radical (unpaired) electrons. The number of hydrogen-bond acceptors (Lipinski definition) is 3. The van der Waals surface area contributed by atoms with Gasteiger partial charge >= 0.3 is 11.8 Å². The van der Waals surface area contributed by atoms with Crippen LogP contribution in [0.2, 0.25) is 5.02 Å². The molecule has 2 amide bonds. The molecule has 0 aliphatic carbocycles. The second kappa shape index (κ2) is 8.70. The Morgan fingerprint density at radius 2 is 1.52 bits per heavy atom. The fourth-order valence-electron chi connectivity index (χ4n) is 2.26. The third kappa shape index (κ3) is 4.67. The Morgan fingerprint density at radius 1 is 0.889 bits per heavy atom. The van der Waals surface area contributed by atoms with Gasteiger partial charge in [-0.2, -0.15) is 0 Å². The zero-order chi connectivity index (χ0) is 19.2. The van der Waals surface area contributed by atoms with Crippen molar-refractivity contribution in [2.24, 2.45) is 0 Å². The first-order valence-electron chi connectivity index (χ1n) is 7.94. The molecule has 0 heterocycles. The van der Waals surface area contributed by atoms with Gasteiger partial charge in [0, 0.05) is 0 Å². The molecule has 0 atom stereocenters. The quantitative estimate of drug-likeness (QED) is 0.431. The molecule has 0 saturated heterocycles. The largest absolute Gasteiger partial charge is 0.455 e. The van der Waals surface area contributed by atoms with Gasteiger partial charge in [0.15, 0.2) is 5.75 Å². The van der Waals surface area contributed by atoms with Crippen molar-refractivity contribution < 1.29 is 14.3 Å². The number of carbonyl (C=O) groups is 2. The van der Waals surface area contributed by atoms with E-state index in [1.807, 2.05) is 18.2 Å². The summed E-state index contributed by atoms with van der Waals surface area (Å²) >= 11 is 9.16. The number of para-hydroxylation sites is 4. The summed E-state index contributed by atoms with van der Waals surface area (Å²) in [6.45, 7) is 0. The van der Waals surface area contributed by atoms with E-state index in [0.717, 1.165) is 3.93 Å². The van der Waals surface area contributed by atoms with Crippen LogP contribution in [0, 0.1) is 0 Å². The molecule has 5 nitrogen and oxygen atoms in total. The minimum atomic E-state index is -0.837. The Balaban J connectivity index is 1.76. The van der Waals surface area contributed by atoms with Crippen LogP contribution in [0.15, 0.2) is 78.9 Å². The number of halogens is 2. The van der Waals surface area contributed by atoms with Crippen molar-refractivity contribution in [3.05, 3.63) is 83.9 Å². The molecular weight excluding hydrogens is 432 g/mol. The SMILES string of the molecule is O=C(Nc1ccccc1Oc1ccccc1)C(=O)N(Br)c1ccccc1Cl. The first-order chi connectivity index (χ1) is 13.1. The normalized spacial score (nSPS) is 10.1. The van der Waals surface area contributed by atoms with Crippen LogP contribution in [0.1, 0.15) is 0 Å². The molecule has 0 aromatic heterocycles. The Labute approximate surface area is 169 Å². The van der Waals surface area contributed by atoms with E-state index in [0.29, 0.717) is 27.9 Å². The third-order valence-corrected chi connectivity index (χ3v) is 4.57. The van der Waals surface area contributed by atoms with Crippen molar-refractivity contribution in [3.63, 3.8) is 0 Å². The number of ether oxygens (including phenoxy) is 1. The van der Waals surface area contributed by atoms with E-state index in [4.69, 9.17) is 16.3 Å². The highest BCUT2D eigenvalue weighted by Gasteiger charge is 2.24. The van der Waals surface area contributed by atoms with Gasteiger partial charge in [-0.05, 0) is 36.4 Å². The van der Waals surface area contributed by atoms with Gasteiger partial charge in [0.1, 0.15) is 5.75 Å². The summed E-state index contributed by atoms with van der Waals surface area (Å²) in [6.07, 6.45) is 0. The Kier molecular flexibility index (Phi) is 6.11. The molecule has 0 aliphatic heterocycles. The van der Waals surface area contributed by atoms with Gasteiger partial charge in [0.25, 0.3) is 0 Å². The van der Waals surface area contributed by atoms with Crippen molar-refractivity contribution in [2.45, 2.75) is 0 Å². The van der Waals surface area contributed by atoms with Gasteiger partial charge in [0.05, 0.1) is 32.5 Å². The maximum atomic E-state index is 12.4. The van der Waals surface area contributed by atoms with Crippen LogP contribution in [0.4, 0.5) is 11.4 Å². The van der Waals surface area contributed by atoms with Crippen LogP contribution in [0.25, 0.3) is 0 Å². The molecule has 7 heteroatoms. The summed E-state index contributed by atoms with van der Waals surface area (Å²) in [5, 5.41) is 2.91. The maximum Gasteiger partial charge on any atom is 0.326 e. The predicted molar refractivity (Wildman–Crippen MR) is 109 cm³/mol. The molecule has 0 saturated carbocycles. The lowest BCUT2D eigenvalue weighted by molar-refractivity contribution is -0.133. The van der Waals surface area contributed by atoms with E-state index in [1.54, 1.807) is 60.7 Å². The lowest BCUT2D eigenvalue weighted by Gasteiger charge is -2.16. The molecule has 3 aromatic rings. The minimum absolute atomic E-state index is 0.336. The number of rotatable bonds is 4. The lowest BCUT2D eigenvalue weighted by Crippen LogP contribution is -2.33. The minimum Gasteiger partial charge on any atom is -0.455 e. The summed E-state index contributed by atoms with van der Waals surface area (Å²) in [6, 6.07) is 22.7. The summed E-state index contributed by atoms with van der Waals surface area (Å²) < 4.78 is 6.80. The number of amides is 2. The highest BCUT2D eigenvalue weighted by Crippen LogP contribution is 2.30. The van der Waals surface area contributed by atoms with Crippen LogP contribution >= 0.6 is 27.7 Å². The van der Waals surface area contributed by atoms with Gasteiger partial charge in [-0.25, -0.2) is 3.93 Å². The van der Waals surface area contributed by atoms with Gasteiger partial charge in [-0.1, -0.05) is 54.1 Å². The van der Waals surface area contributed by atoms with Gasteiger partial charge < -0.3 is 10.1 Å². The van der Waals surface area contributed by atoms with Crippen LogP contribution in [-0.4, -0.2) is 11.8 Å². The van der Waals surface area contributed by atoms with Crippen molar-refractivity contribution in [1.29, 1.82) is 0 Å². The Hall–Kier alpha value is -2.83. The van der Waals surface area contributed by atoms with Crippen LogP contribution in [0.5, 0.6) is 11.5 Å². The van der Waals surface area contributed by atoms with Crippen LogP contribution in [-0.2, 0) is 9.59 Å². The van der Waals surface area contributed by atoms with Crippen LogP contribution < -0.4 is 14.0 Å². The smallest absolute Gasteiger partial charge is 0.326 e. The second-order valence-corrected chi connectivity index (χ2v) is 6.52. The van der Waals surface area contributed by atoms with E-state index in [-0.39, 0.29) is 0 Å². The Morgan fingerprint density at radius 3 is 2.26 bits per heavy atom. The van der Waals surface area contributed by atoms with Gasteiger partial charge in [-0.3, -0.25) is 9.59 Å². The lowest BCUT2D eigenvalue weighted by atomic mass is 10.2. The number of hydrogen-bond donors (Lipinski definition) is 1. The number of nitrogens with one attached hydrogen (secondary N) is 1. The molecule has 1 N–H and O–H groups in total. The summed E-state index contributed by atoms with van der Waals surface area (Å²) in [5.74, 6) is -0.624. The maximum absolute atomic E-state index is 12.4. The highest BCUT2D eigenvalue weighted by molar-refractivity contribution is 9.10. The summed E-state index contributed by atoms with van der Waals surface area (Å²) in [7, 11) is 0. The van der Waals surface area contributed by atoms with Crippen molar-refractivity contribution in [2.75, 3.05) is 9.24 Å². The molecule has 0 fully saturated rings. The average molecular weight is 446 g/mol. The fraction of sp³-hybridized carbons (Fsp3) is 0. The fourth-order valence-corrected chi connectivity index (χ4v) is 3.05. The van der Waals surface area contributed by atoms with E-state index < -0.39 is 11.8 Å². The molecular formula is C20H14BrClN2O3. The molecule has 3 rings (SSSR count). The van der Waals surface area contributed by atoms with E-state index in [1.165, 1.54) is 0 Å². The van der Waals surface area contributed by atoms with Gasteiger partial charge in [0.2, 0.25) is 0 Å². The summed E-state index contributed by atoms with van der Waals surface area (Å²) in [5.41, 5.74) is 0.743. The topological polar surface area (TPSA) is 58.6 Å². The molecule has 27 heavy (non-hydrogen) atoms. The molecule has 0 spiro atoms. The zero-order valence-electron chi connectivity index (χ0n) is 13.9. The number of anilines is 2. The van der Waals surface area contributed by atoms with E-state index in [9.17, 15) is 9.59 Å². The Bertz CT molecular complexity index is 966. The second-order valence-electron chi connectivity index (χ2n) is 5.40. The number of benzene rings is 3. The zero-order valence-corrected chi connectivity index (χ0v) is 16.3. The number of carbonyl (C=O) groups excluding carboxylic acids is 2. The van der Waals surface area contributed by atoms with Crippen molar-refractivity contribution >= 4 is 50.9 Å². The van der Waals surface area contributed by atoms with Crippen LogP contribution in [0.3, 0.4) is 0 Å². The van der Waals surface area contributed by atoms with Crippen molar-refractivity contribution in [1.82, 2.24) is 0 Å². The van der Waals surface area contributed by atoms with Gasteiger partial charge in [-0.15, -0.1) is 0 Å². The molecule has 3 aromatic carbocycles. The molecule has 0 unspecified atom stereocenters. The summed E-state index contributed by atoms with van der Waals surface area (Å²) in [4.78, 5) is 24.8. The standard InChI is InChI=1S/C20H14BrClN2O3/c21-24(17-12-6-4-10-15(17)22)20(26)19(25)23-16-11-5-7-13-18(16)27-14-8-2-1-3-9-14/h1-13H,(H,23,25). The van der Waals surface area contributed by atoms with E-state index >= 15 is 0 Å².